The fourth-order valence-electron chi connectivity index (χ4n) is 1.27. The van der Waals surface area contributed by atoms with Crippen molar-refractivity contribution in [1.29, 1.82) is 0 Å². The van der Waals surface area contributed by atoms with Crippen molar-refractivity contribution in [3.05, 3.63) is 0 Å². The molecular formula is C9H15NO4. The van der Waals surface area contributed by atoms with Crippen LogP contribution in [0.25, 0.3) is 0 Å². The number of aliphatic hydroxyl groups is 1. The molecule has 0 saturated heterocycles. The Balaban J connectivity index is 2.09. The van der Waals surface area contributed by atoms with Gasteiger partial charge in [-0.25, -0.2) is 4.79 Å². The largest absolute Gasteiger partial charge is 0.479 e. The van der Waals surface area contributed by atoms with Gasteiger partial charge in [0.1, 0.15) is 0 Å². The van der Waals surface area contributed by atoms with Gasteiger partial charge in [0.25, 0.3) is 0 Å². The highest BCUT2D eigenvalue weighted by Gasteiger charge is 2.38. The molecule has 0 spiro atoms. The quantitative estimate of drug-likeness (QED) is 0.564. The lowest BCUT2D eigenvalue weighted by molar-refractivity contribution is -0.147. The van der Waals surface area contributed by atoms with Crippen LogP contribution in [0, 0.1) is 11.8 Å². The van der Waals surface area contributed by atoms with E-state index >= 15 is 0 Å². The van der Waals surface area contributed by atoms with Crippen molar-refractivity contribution in [2.75, 3.05) is 6.54 Å². The summed E-state index contributed by atoms with van der Waals surface area (Å²) in [6, 6.07) is 0. The number of aliphatic hydroxyl groups excluding tert-OH is 1. The molecule has 3 N–H and O–H groups in total. The SMILES string of the molecule is CC1CC1C(=O)NCC[C@H](O)C(=O)O. The lowest BCUT2D eigenvalue weighted by atomic mass is 10.2. The normalized spacial score (nSPS) is 26.7. The number of amides is 1. The van der Waals surface area contributed by atoms with E-state index in [1.165, 1.54) is 0 Å². The molecule has 0 bridgehead atoms. The molecule has 0 aliphatic heterocycles. The number of carbonyl (C=O) groups excluding carboxylic acids is 1. The summed E-state index contributed by atoms with van der Waals surface area (Å²) in [7, 11) is 0. The third kappa shape index (κ3) is 2.99. The number of nitrogens with one attached hydrogen (secondary N) is 1. The van der Waals surface area contributed by atoms with Crippen LogP contribution in [-0.2, 0) is 9.59 Å². The van der Waals surface area contributed by atoms with E-state index in [-0.39, 0.29) is 24.8 Å². The summed E-state index contributed by atoms with van der Waals surface area (Å²) in [5.41, 5.74) is 0. The Labute approximate surface area is 82.1 Å². The highest BCUT2D eigenvalue weighted by molar-refractivity contribution is 5.81. The first kappa shape index (κ1) is 11.0. The van der Waals surface area contributed by atoms with Gasteiger partial charge in [-0.2, -0.15) is 0 Å². The highest BCUT2D eigenvalue weighted by Crippen LogP contribution is 2.37. The monoisotopic (exact) mass is 201 g/mol. The Hall–Kier alpha value is -1.10. The zero-order valence-electron chi connectivity index (χ0n) is 8.06. The smallest absolute Gasteiger partial charge is 0.332 e. The van der Waals surface area contributed by atoms with Crippen LogP contribution in [-0.4, -0.2) is 34.7 Å². The molecule has 0 aromatic heterocycles. The first-order chi connectivity index (χ1) is 6.52. The van der Waals surface area contributed by atoms with Gasteiger partial charge in [-0.3, -0.25) is 4.79 Å². The van der Waals surface area contributed by atoms with Crippen LogP contribution in [0.3, 0.4) is 0 Å². The summed E-state index contributed by atoms with van der Waals surface area (Å²) in [4.78, 5) is 21.4. The number of rotatable bonds is 5. The van der Waals surface area contributed by atoms with Gasteiger partial charge < -0.3 is 15.5 Å². The highest BCUT2D eigenvalue weighted by atomic mass is 16.4. The van der Waals surface area contributed by atoms with Crippen LogP contribution in [0.2, 0.25) is 0 Å². The van der Waals surface area contributed by atoms with Crippen molar-refractivity contribution >= 4 is 11.9 Å². The molecule has 0 aromatic carbocycles. The predicted molar refractivity (Wildman–Crippen MR) is 48.5 cm³/mol. The molecule has 3 atom stereocenters. The fraction of sp³-hybridized carbons (Fsp3) is 0.778. The van der Waals surface area contributed by atoms with E-state index in [0.717, 1.165) is 6.42 Å². The van der Waals surface area contributed by atoms with Crippen LogP contribution >= 0.6 is 0 Å². The van der Waals surface area contributed by atoms with Crippen molar-refractivity contribution in [2.24, 2.45) is 11.8 Å². The summed E-state index contributed by atoms with van der Waals surface area (Å²) in [6.07, 6.45) is -0.415. The van der Waals surface area contributed by atoms with Crippen molar-refractivity contribution < 1.29 is 19.8 Å². The third-order valence-corrected chi connectivity index (χ3v) is 2.45. The number of carboxylic acids is 1. The molecule has 0 aromatic rings. The average Bonchev–Trinajstić information content (AvgIpc) is 2.82. The zero-order valence-corrected chi connectivity index (χ0v) is 8.06. The van der Waals surface area contributed by atoms with Gasteiger partial charge in [-0.1, -0.05) is 6.92 Å². The summed E-state index contributed by atoms with van der Waals surface area (Å²) < 4.78 is 0. The number of carbonyl (C=O) groups is 2. The van der Waals surface area contributed by atoms with Crippen LogP contribution in [0.15, 0.2) is 0 Å². The van der Waals surface area contributed by atoms with Gasteiger partial charge in [0.15, 0.2) is 6.10 Å². The van der Waals surface area contributed by atoms with Crippen LogP contribution in [0.1, 0.15) is 19.8 Å². The molecule has 5 nitrogen and oxygen atoms in total. The van der Waals surface area contributed by atoms with E-state index in [4.69, 9.17) is 10.2 Å². The standard InChI is InChI=1S/C9H15NO4/c1-5-4-6(5)8(12)10-3-2-7(11)9(13)14/h5-7,11H,2-4H2,1H3,(H,10,12)(H,13,14)/t5?,6?,7-/m0/s1. The summed E-state index contributed by atoms with van der Waals surface area (Å²) in [5, 5.41) is 19.8. The second kappa shape index (κ2) is 4.41. The second-order valence-electron chi connectivity index (χ2n) is 3.75. The Morgan fingerprint density at radius 3 is 2.57 bits per heavy atom. The topological polar surface area (TPSA) is 86.6 Å². The summed E-state index contributed by atoms with van der Waals surface area (Å²) in [6.45, 7) is 2.21. The molecule has 0 radical (unpaired) electrons. The van der Waals surface area contributed by atoms with Gasteiger partial charge in [0.05, 0.1) is 0 Å². The Kier molecular flexibility index (Phi) is 3.46. The zero-order chi connectivity index (χ0) is 10.7. The number of aliphatic carboxylic acids is 1. The number of hydrogen-bond donors (Lipinski definition) is 3. The van der Waals surface area contributed by atoms with Gasteiger partial charge in [0.2, 0.25) is 5.91 Å². The molecule has 0 heterocycles. The van der Waals surface area contributed by atoms with E-state index in [1.807, 2.05) is 6.92 Å². The average molecular weight is 201 g/mol. The molecule has 80 valence electrons. The van der Waals surface area contributed by atoms with Crippen LogP contribution in [0.5, 0.6) is 0 Å². The van der Waals surface area contributed by atoms with Crippen LogP contribution in [0.4, 0.5) is 0 Å². The van der Waals surface area contributed by atoms with Crippen molar-refractivity contribution in [1.82, 2.24) is 5.32 Å². The first-order valence-corrected chi connectivity index (χ1v) is 4.71. The second-order valence-corrected chi connectivity index (χ2v) is 3.75. The maximum Gasteiger partial charge on any atom is 0.332 e. The fourth-order valence-corrected chi connectivity index (χ4v) is 1.27. The van der Waals surface area contributed by atoms with Crippen molar-refractivity contribution in [3.8, 4) is 0 Å². The summed E-state index contributed by atoms with van der Waals surface area (Å²) >= 11 is 0. The minimum atomic E-state index is -1.38. The summed E-state index contributed by atoms with van der Waals surface area (Å²) in [5.74, 6) is -0.745. The third-order valence-electron chi connectivity index (χ3n) is 2.45. The van der Waals surface area contributed by atoms with Crippen LogP contribution < -0.4 is 5.32 Å². The van der Waals surface area contributed by atoms with Gasteiger partial charge in [-0.15, -0.1) is 0 Å². The van der Waals surface area contributed by atoms with E-state index in [0.29, 0.717) is 5.92 Å². The van der Waals surface area contributed by atoms with E-state index < -0.39 is 12.1 Å². The van der Waals surface area contributed by atoms with Crippen molar-refractivity contribution in [3.63, 3.8) is 0 Å². The predicted octanol–water partition coefficient (Wildman–Crippen LogP) is -0.406. The molecule has 5 heteroatoms. The number of hydrogen-bond acceptors (Lipinski definition) is 3. The van der Waals surface area contributed by atoms with E-state index in [2.05, 4.69) is 5.32 Å². The molecular weight excluding hydrogens is 186 g/mol. The lowest BCUT2D eigenvalue weighted by Crippen LogP contribution is -2.31. The minimum Gasteiger partial charge on any atom is -0.479 e. The van der Waals surface area contributed by atoms with Gasteiger partial charge in [0, 0.05) is 18.9 Å². The Bertz CT molecular complexity index is 241. The first-order valence-electron chi connectivity index (χ1n) is 4.71. The molecule has 1 aliphatic carbocycles. The van der Waals surface area contributed by atoms with E-state index in [1.54, 1.807) is 0 Å². The van der Waals surface area contributed by atoms with Crippen molar-refractivity contribution in [2.45, 2.75) is 25.9 Å². The van der Waals surface area contributed by atoms with Gasteiger partial charge in [-0.05, 0) is 12.3 Å². The molecule has 14 heavy (non-hydrogen) atoms. The minimum absolute atomic E-state index is 0.0323. The molecule has 1 fully saturated rings. The maximum absolute atomic E-state index is 11.2. The molecule has 2 unspecified atom stereocenters. The molecule has 1 aliphatic rings. The molecule has 1 saturated carbocycles. The maximum atomic E-state index is 11.2. The molecule has 1 rings (SSSR count). The number of carboxylic acid groups (broad SMARTS) is 1. The lowest BCUT2D eigenvalue weighted by Gasteiger charge is -2.06. The van der Waals surface area contributed by atoms with E-state index in [9.17, 15) is 9.59 Å². The van der Waals surface area contributed by atoms with Gasteiger partial charge >= 0.3 is 5.97 Å². The Morgan fingerprint density at radius 2 is 2.14 bits per heavy atom. The Morgan fingerprint density at radius 1 is 1.57 bits per heavy atom. The molecule has 1 amide bonds.